The molecule has 0 saturated carbocycles. The molecule has 2 aliphatic rings. The minimum atomic E-state index is -0.538. The standard InChI is InChI=1S/C31H34Cl2N4O4/c1-20(2)17-37-30(40)25(24-8-5-9-26(32)29(24)33)18-35(31(37)41)19-28(39)34-13-11-23(12-14-34)36-15-10-21-6-3-4-7-22(21)16-27(36)38/h3-9,18,20,23H,10-17,19H2,1-2H3. The average molecular weight is 598 g/mol. The van der Waals surface area contributed by atoms with Crippen LogP contribution >= 0.6 is 23.2 Å². The molecule has 2 aromatic carbocycles. The Kier molecular flexibility index (Phi) is 8.71. The second-order valence-electron chi connectivity index (χ2n) is 11.3. The van der Waals surface area contributed by atoms with E-state index in [4.69, 9.17) is 23.2 Å². The summed E-state index contributed by atoms with van der Waals surface area (Å²) in [5.74, 6) is -0.0490. The molecule has 0 radical (unpaired) electrons. The number of benzene rings is 2. The summed E-state index contributed by atoms with van der Waals surface area (Å²) in [6.45, 7) is 5.50. The molecule has 0 spiro atoms. The van der Waals surface area contributed by atoms with Gasteiger partial charge in [0.1, 0.15) is 6.54 Å². The minimum Gasteiger partial charge on any atom is -0.341 e. The van der Waals surface area contributed by atoms with Gasteiger partial charge in [-0.15, -0.1) is 0 Å². The van der Waals surface area contributed by atoms with E-state index in [1.807, 2.05) is 36.9 Å². The summed E-state index contributed by atoms with van der Waals surface area (Å²) >= 11 is 12.6. The third kappa shape index (κ3) is 6.14. The number of hydrogen-bond donors (Lipinski definition) is 0. The fourth-order valence-corrected chi connectivity index (χ4v) is 6.25. The first kappa shape index (κ1) is 29.1. The van der Waals surface area contributed by atoms with Gasteiger partial charge in [-0.05, 0) is 42.4 Å². The first-order valence-corrected chi connectivity index (χ1v) is 14.8. The zero-order valence-electron chi connectivity index (χ0n) is 23.3. The topological polar surface area (TPSA) is 84.6 Å². The Balaban J connectivity index is 1.33. The molecule has 5 rings (SSSR count). The van der Waals surface area contributed by atoms with Crippen LogP contribution in [-0.2, 0) is 35.5 Å². The summed E-state index contributed by atoms with van der Waals surface area (Å²) in [7, 11) is 0. The van der Waals surface area contributed by atoms with Crippen LogP contribution in [0.5, 0.6) is 0 Å². The Hall–Kier alpha value is -3.36. The number of carbonyl (C=O) groups excluding carboxylic acids is 2. The van der Waals surface area contributed by atoms with E-state index in [9.17, 15) is 19.2 Å². The van der Waals surface area contributed by atoms with E-state index in [0.29, 0.717) is 49.5 Å². The molecule has 3 heterocycles. The van der Waals surface area contributed by atoms with Gasteiger partial charge in [0.15, 0.2) is 0 Å². The minimum absolute atomic E-state index is 0.0307. The number of nitrogens with zero attached hydrogens (tertiary/aromatic N) is 4. The van der Waals surface area contributed by atoms with Crippen molar-refractivity contribution in [1.29, 1.82) is 0 Å². The number of hydrogen-bond acceptors (Lipinski definition) is 4. The van der Waals surface area contributed by atoms with Gasteiger partial charge in [0.05, 0.1) is 22.0 Å². The molecular formula is C31H34Cl2N4O4. The van der Waals surface area contributed by atoms with Gasteiger partial charge in [-0.3, -0.25) is 23.5 Å². The molecule has 0 bridgehead atoms. The van der Waals surface area contributed by atoms with Crippen LogP contribution in [0.2, 0.25) is 10.0 Å². The number of aromatic nitrogens is 2. The fourth-order valence-electron chi connectivity index (χ4n) is 5.85. The lowest BCUT2D eigenvalue weighted by atomic mass is 10.0. The normalized spacial score (nSPS) is 16.2. The molecule has 3 aromatic rings. The van der Waals surface area contributed by atoms with Crippen molar-refractivity contribution in [3.63, 3.8) is 0 Å². The molecule has 0 unspecified atom stereocenters. The summed E-state index contributed by atoms with van der Waals surface area (Å²) in [4.78, 5) is 56.9. The Morgan fingerprint density at radius 2 is 1.63 bits per heavy atom. The van der Waals surface area contributed by atoms with Gasteiger partial charge in [0, 0.05) is 44.0 Å². The van der Waals surface area contributed by atoms with E-state index >= 15 is 0 Å². The Bertz CT molecular complexity index is 1590. The highest BCUT2D eigenvalue weighted by atomic mass is 35.5. The van der Waals surface area contributed by atoms with Gasteiger partial charge in [-0.2, -0.15) is 0 Å². The summed E-state index contributed by atoms with van der Waals surface area (Å²) in [6, 6.07) is 13.2. The molecule has 41 heavy (non-hydrogen) atoms. The lowest BCUT2D eigenvalue weighted by Gasteiger charge is -2.38. The molecular weight excluding hydrogens is 563 g/mol. The highest BCUT2D eigenvalue weighted by molar-refractivity contribution is 6.43. The number of piperidine rings is 1. The SMILES string of the molecule is CC(C)Cn1c(=O)c(-c2cccc(Cl)c2Cl)cn(CC(=O)N2CCC(N3CCc4ccccc4CC3=O)CC2)c1=O. The van der Waals surface area contributed by atoms with Gasteiger partial charge in [-0.25, -0.2) is 4.79 Å². The maximum atomic E-state index is 13.4. The predicted molar refractivity (Wildman–Crippen MR) is 160 cm³/mol. The van der Waals surface area contributed by atoms with Crippen molar-refractivity contribution in [3.8, 4) is 11.1 Å². The monoisotopic (exact) mass is 596 g/mol. The lowest BCUT2D eigenvalue weighted by molar-refractivity contribution is -0.136. The predicted octanol–water partition coefficient (Wildman–Crippen LogP) is 4.26. The number of halogens is 2. The van der Waals surface area contributed by atoms with Crippen molar-refractivity contribution in [2.75, 3.05) is 19.6 Å². The van der Waals surface area contributed by atoms with E-state index in [0.717, 1.165) is 12.0 Å². The van der Waals surface area contributed by atoms with Crippen LogP contribution in [0.1, 0.15) is 37.8 Å². The molecule has 2 amide bonds. The zero-order valence-corrected chi connectivity index (χ0v) is 24.8. The number of carbonyl (C=O) groups is 2. The van der Waals surface area contributed by atoms with Crippen LogP contribution < -0.4 is 11.2 Å². The quantitative estimate of drug-likeness (QED) is 0.425. The van der Waals surface area contributed by atoms with Crippen molar-refractivity contribution in [3.05, 3.63) is 90.7 Å². The Labute approximate surface area is 249 Å². The lowest BCUT2D eigenvalue weighted by Crippen LogP contribution is -2.50. The summed E-state index contributed by atoms with van der Waals surface area (Å²) in [5.41, 5.74) is 1.93. The van der Waals surface area contributed by atoms with Crippen LogP contribution in [0.4, 0.5) is 0 Å². The summed E-state index contributed by atoms with van der Waals surface area (Å²) in [5, 5.41) is 0.509. The van der Waals surface area contributed by atoms with Crippen LogP contribution in [0.25, 0.3) is 11.1 Å². The van der Waals surface area contributed by atoms with Crippen molar-refractivity contribution in [2.24, 2.45) is 5.92 Å². The van der Waals surface area contributed by atoms with Crippen molar-refractivity contribution in [2.45, 2.75) is 58.7 Å². The van der Waals surface area contributed by atoms with E-state index < -0.39 is 11.2 Å². The first-order chi connectivity index (χ1) is 19.6. The molecule has 1 aromatic heterocycles. The van der Waals surface area contributed by atoms with Gasteiger partial charge in [0.25, 0.3) is 5.56 Å². The highest BCUT2D eigenvalue weighted by Gasteiger charge is 2.31. The number of likely N-dealkylation sites (tertiary alicyclic amines) is 1. The molecule has 8 nitrogen and oxygen atoms in total. The Morgan fingerprint density at radius 3 is 2.34 bits per heavy atom. The molecule has 0 atom stereocenters. The van der Waals surface area contributed by atoms with Crippen LogP contribution in [0.15, 0.2) is 58.3 Å². The molecule has 1 saturated heterocycles. The smallest absolute Gasteiger partial charge is 0.331 e. The number of fused-ring (bicyclic) bond motifs is 1. The Morgan fingerprint density at radius 1 is 0.927 bits per heavy atom. The number of amides is 2. The summed E-state index contributed by atoms with van der Waals surface area (Å²) < 4.78 is 2.46. The molecule has 1 fully saturated rings. The largest absolute Gasteiger partial charge is 0.341 e. The second-order valence-corrected chi connectivity index (χ2v) is 12.0. The van der Waals surface area contributed by atoms with Crippen LogP contribution in [0.3, 0.4) is 0 Å². The van der Waals surface area contributed by atoms with Crippen molar-refractivity contribution < 1.29 is 9.59 Å². The molecule has 10 heteroatoms. The second kappa shape index (κ2) is 12.2. The van der Waals surface area contributed by atoms with Crippen LogP contribution in [-0.4, -0.2) is 56.4 Å². The molecule has 216 valence electrons. The third-order valence-corrected chi connectivity index (χ3v) is 8.81. The van der Waals surface area contributed by atoms with Gasteiger partial charge >= 0.3 is 5.69 Å². The maximum absolute atomic E-state index is 13.4. The van der Waals surface area contributed by atoms with E-state index in [1.54, 1.807) is 23.1 Å². The maximum Gasteiger partial charge on any atom is 0.331 e. The third-order valence-electron chi connectivity index (χ3n) is 7.99. The van der Waals surface area contributed by atoms with Crippen molar-refractivity contribution in [1.82, 2.24) is 18.9 Å². The molecule has 0 aliphatic carbocycles. The van der Waals surface area contributed by atoms with Crippen LogP contribution in [0, 0.1) is 5.92 Å². The first-order valence-electron chi connectivity index (χ1n) is 14.1. The zero-order chi connectivity index (χ0) is 29.3. The highest BCUT2D eigenvalue weighted by Crippen LogP contribution is 2.31. The van der Waals surface area contributed by atoms with Gasteiger partial charge < -0.3 is 9.80 Å². The van der Waals surface area contributed by atoms with Crippen molar-refractivity contribution >= 4 is 35.0 Å². The number of rotatable bonds is 6. The van der Waals surface area contributed by atoms with E-state index in [1.165, 1.54) is 20.9 Å². The van der Waals surface area contributed by atoms with E-state index in [-0.39, 0.29) is 47.4 Å². The summed E-state index contributed by atoms with van der Waals surface area (Å²) in [6.07, 6.45) is 4.01. The average Bonchev–Trinajstić information content (AvgIpc) is 3.12. The van der Waals surface area contributed by atoms with Gasteiger partial charge in [0.2, 0.25) is 11.8 Å². The van der Waals surface area contributed by atoms with Gasteiger partial charge in [-0.1, -0.05) is 73.4 Å². The molecule has 2 aliphatic heterocycles. The fraction of sp³-hybridized carbons (Fsp3) is 0.419. The molecule has 0 N–H and O–H groups in total. The van der Waals surface area contributed by atoms with E-state index in [2.05, 4.69) is 6.07 Å².